The second-order valence-electron chi connectivity index (χ2n) is 5.53. The maximum absolute atomic E-state index is 12.8. The summed E-state index contributed by atoms with van der Waals surface area (Å²) in [6.07, 6.45) is -1.92. The lowest BCUT2D eigenvalue weighted by Crippen LogP contribution is -2.49. The fourth-order valence-electron chi connectivity index (χ4n) is 2.63. The van der Waals surface area contributed by atoms with Crippen LogP contribution in [0.5, 0.6) is 0 Å². The Morgan fingerprint density at radius 1 is 0.923 bits per heavy atom. The van der Waals surface area contributed by atoms with E-state index >= 15 is 0 Å². The zero-order valence-electron chi connectivity index (χ0n) is 12.9. The van der Waals surface area contributed by atoms with Gasteiger partial charge in [-0.15, -0.1) is 0 Å². The SMILES string of the molecule is C=CC(=O)OC1CCC(C(S(=O)(=O)C(F)(F)F)S(=O)(=O)C(F)(F)F)CC1. The number of hydrogen-bond donors (Lipinski definition) is 0. The zero-order valence-corrected chi connectivity index (χ0v) is 14.5. The van der Waals surface area contributed by atoms with E-state index < -0.39 is 66.1 Å². The van der Waals surface area contributed by atoms with E-state index in [0.717, 1.165) is 6.08 Å². The minimum atomic E-state index is -6.66. The highest BCUT2D eigenvalue weighted by atomic mass is 32.3. The summed E-state index contributed by atoms with van der Waals surface area (Å²) in [6.45, 7) is 3.10. The number of esters is 1. The summed E-state index contributed by atoms with van der Waals surface area (Å²) in [5.74, 6) is -2.83. The van der Waals surface area contributed by atoms with Crippen molar-refractivity contribution in [1.29, 1.82) is 0 Å². The lowest BCUT2D eigenvalue weighted by molar-refractivity contribution is -0.144. The minimum Gasteiger partial charge on any atom is -0.459 e. The van der Waals surface area contributed by atoms with Gasteiger partial charge in [0.2, 0.25) is 0 Å². The lowest BCUT2D eigenvalue weighted by atomic mass is 9.88. The van der Waals surface area contributed by atoms with Crippen LogP contribution in [0.1, 0.15) is 25.7 Å². The standard InChI is InChI=1S/C12H14F6O6S2/c1-2-9(19)24-8-5-3-7(4-6-8)10(25(20,21)11(13,14)15)26(22,23)12(16,17)18/h2,7-8,10H,1,3-6H2. The van der Waals surface area contributed by atoms with Crippen molar-refractivity contribution in [3.8, 4) is 0 Å². The number of carbonyl (C=O) groups is 1. The first-order valence-corrected chi connectivity index (χ1v) is 10.1. The van der Waals surface area contributed by atoms with Gasteiger partial charge in [-0.3, -0.25) is 0 Å². The first-order chi connectivity index (χ1) is 11.6. The first-order valence-electron chi connectivity index (χ1n) is 6.99. The number of sulfone groups is 2. The maximum atomic E-state index is 12.8. The molecule has 0 N–H and O–H groups in total. The molecule has 26 heavy (non-hydrogen) atoms. The summed E-state index contributed by atoms with van der Waals surface area (Å²) >= 11 is 0. The van der Waals surface area contributed by atoms with E-state index in [0.29, 0.717) is 0 Å². The van der Waals surface area contributed by atoms with E-state index in [4.69, 9.17) is 4.74 Å². The van der Waals surface area contributed by atoms with Gasteiger partial charge in [0.05, 0.1) is 0 Å². The molecule has 0 atom stereocenters. The average molecular weight is 432 g/mol. The molecule has 0 unspecified atom stereocenters. The molecule has 6 nitrogen and oxygen atoms in total. The molecule has 152 valence electrons. The zero-order chi connectivity index (χ0) is 20.6. The fraction of sp³-hybridized carbons (Fsp3) is 0.750. The Kier molecular flexibility index (Phi) is 6.44. The molecule has 0 saturated heterocycles. The Labute approximate surface area is 145 Å². The normalized spacial score (nSPS) is 22.9. The lowest BCUT2D eigenvalue weighted by Gasteiger charge is -2.33. The molecule has 0 aromatic carbocycles. The third-order valence-electron chi connectivity index (χ3n) is 3.81. The molecule has 0 heterocycles. The predicted octanol–water partition coefficient (Wildman–Crippen LogP) is 2.47. The van der Waals surface area contributed by atoms with Crippen molar-refractivity contribution >= 4 is 25.6 Å². The fourth-order valence-corrected chi connectivity index (χ4v) is 6.70. The number of alkyl halides is 6. The molecule has 0 spiro atoms. The van der Waals surface area contributed by atoms with Crippen LogP contribution < -0.4 is 0 Å². The van der Waals surface area contributed by atoms with Gasteiger partial charge in [-0.2, -0.15) is 26.3 Å². The van der Waals surface area contributed by atoms with Crippen LogP contribution in [0.15, 0.2) is 12.7 Å². The van der Waals surface area contributed by atoms with E-state index in [1.54, 1.807) is 0 Å². The second-order valence-corrected chi connectivity index (χ2v) is 9.95. The predicted molar refractivity (Wildman–Crippen MR) is 75.8 cm³/mol. The molecule has 0 bridgehead atoms. The Morgan fingerprint density at radius 3 is 1.62 bits per heavy atom. The summed E-state index contributed by atoms with van der Waals surface area (Å²) < 4.78 is 124. The summed E-state index contributed by atoms with van der Waals surface area (Å²) in [5.41, 5.74) is -12.4. The van der Waals surface area contributed by atoms with Crippen LogP contribution in [0.2, 0.25) is 0 Å². The van der Waals surface area contributed by atoms with Crippen molar-refractivity contribution in [1.82, 2.24) is 0 Å². The molecule has 1 fully saturated rings. The van der Waals surface area contributed by atoms with Gasteiger partial charge in [0, 0.05) is 6.08 Å². The monoisotopic (exact) mass is 432 g/mol. The number of rotatable bonds is 5. The van der Waals surface area contributed by atoms with Crippen LogP contribution in [0.3, 0.4) is 0 Å². The van der Waals surface area contributed by atoms with Crippen molar-refractivity contribution in [2.24, 2.45) is 5.92 Å². The van der Waals surface area contributed by atoms with Gasteiger partial charge in [0.15, 0.2) is 4.58 Å². The second kappa shape index (κ2) is 7.37. The Balaban J connectivity index is 3.22. The van der Waals surface area contributed by atoms with Crippen LogP contribution in [-0.2, 0) is 29.2 Å². The van der Waals surface area contributed by atoms with E-state index in [2.05, 4.69) is 6.58 Å². The van der Waals surface area contributed by atoms with Gasteiger partial charge < -0.3 is 4.74 Å². The molecular weight excluding hydrogens is 418 g/mol. The topological polar surface area (TPSA) is 94.6 Å². The summed E-state index contributed by atoms with van der Waals surface area (Å²) in [5, 5.41) is 0. The summed E-state index contributed by atoms with van der Waals surface area (Å²) in [7, 11) is -13.3. The molecule has 1 saturated carbocycles. The van der Waals surface area contributed by atoms with Gasteiger partial charge in [-0.1, -0.05) is 6.58 Å². The van der Waals surface area contributed by atoms with Crippen molar-refractivity contribution in [3.05, 3.63) is 12.7 Å². The van der Waals surface area contributed by atoms with Gasteiger partial charge in [-0.25, -0.2) is 21.6 Å². The third kappa shape index (κ3) is 4.50. The van der Waals surface area contributed by atoms with Crippen LogP contribution in [0.25, 0.3) is 0 Å². The molecule has 0 aliphatic heterocycles. The van der Waals surface area contributed by atoms with Crippen molar-refractivity contribution in [2.75, 3.05) is 0 Å². The quantitative estimate of drug-likeness (QED) is 0.376. The molecule has 1 aliphatic rings. The molecule has 14 heteroatoms. The number of halogens is 6. The highest BCUT2D eigenvalue weighted by Gasteiger charge is 2.65. The third-order valence-corrected chi connectivity index (χ3v) is 8.61. The number of ether oxygens (including phenoxy) is 1. The number of hydrogen-bond acceptors (Lipinski definition) is 6. The molecule has 1 aliphatic carbocycles. The highest BCUT2D eigenvalue weighted by Crippen LogP contribution is 2.43. The summed E-state index contributed by atoms with van der Waals surface area (Å²) in [4.78, 5) is 11.0. The largest absolute Gasteiger partial charge is 0.498 e. The van der Waals surface area contributed by atoms with Crippen molar-refractivity contribution in [2.45, 2.75) is 47.4 Å². The van der Waals surface area contributed by atoms with E-state index in [9.17, 15) is 48.0 Å². The van der Waals surface area contributed by atoms with E-state index in [1.165, 1.54) is 0 Å². The van der Waals surface area contributed by atoms with E-state index in [1.807, 2.05) is 0 Å². The molecular formula is C12H14F6O6S2. The molecule has 1 rings (SSSR count). The van der Waals surface area contributed by atoms with E-state index in [-0.39, 0.29) is 12.8 Å². The number of carbonyl (C=O) groups excluding carboxylic acids is 1. The Hall–Kier alpha value is -1.31. The van der Waals surface area contributed by atoms with Crippen LogP contribution >= 0.6 is 0 Å². The van der Waals surface area contributed by atoms with Crippen LogP contribution in [-0.4, -0.2) is 44.5 Å². The average Bonchev–Trinajstić information content (AvgIpc) is 2.46. The van der Waals surface area contributed by atoms with Crippen LogP contribution in [0, 0.1) is 5.92 Å². The smallest absolute Gasteiger partial charge is 0.459 e. The highest BCUT2D eigenvalue weighted by molar-refractivity contribution is 8.09. The molecule has 0 aromatic heterocycles. The first kappa shape index (κ1) is 22.7. The van der Waals surface area contributed by atoms with Gasteiger partial charge in [0.1, 0.15) is 6.10 Å². The molecule has 0 aromatic rings. The Bertz CT molecular complexity index is 700. The van der Waals surface area contributed by atoms with Crippen molar-refractivity contribution in [3.63, 3.8) is 0 Å². The maximum Gasteiger partial charge on any atom is 0.498 e. The molecule has 0 amide bonds. The summed E-state index contributed by atoms with van der Waals surface area (Å²) in [6, 6.07) is 0. The molecule has 0 radical (unpaired) electrons. The van der Waals surface area contributed by atoms with Crippen LogP contribution in [0.4, 0.5) is 26.3 Å². The van der Waals surface area contributed by atoms with Gasteiger partial charge >= 0.3 is 17.0 Å². The Morgan fingerprint density at radius 2 is 1.31 bits per heavy atom. The minimum absolute atomic E-state index is 0.290. The van der Waals surface area contributed by atoms with Gasteiger partial charge in [0.25, 0.3) is 19.7 Å². The van der Waals surface area contributed by atoms with Gasteiger partial charge in [-0.05, 0) is 31.6 Å². The van der Waals surface area contributed by atoms with Crippen molar-refractivity contribution < 1.29 is 52.7 Å².